The van der Waals surface area contributed by atoms with Crippen LogP contribution in [0.5, 0.6) is 0 Å². The molecule has 1 atom stereocenters. The fraction of sp³-hybridized carbons (Fsp3) is 0.0952. The van der Waals surface area contributed by atoms with E-state index in [1.54, 1.807) is 11.3 Å². The number of hydrogen-bond acceptors (Lipinski definition) is 6. The van der Waals surface area contributed by atoms with Crippen molar-refractivity contribution in [3.8, 4) is 0 Å². The zero-order chi connectivity index (χ0) is 18.6. The Morgan fingerprint density at radius 2 is 2.00 bits per heavy atom. The van der Waals surface area contributed by atoms with E-state index in [9.17, 15) is 9.59 Å². The molecule has 0 bridgehead atoms. The number of thiophene rings is 1. The molecular formula is C21H17N3O2S. The number of nitrogens with one attached hydrogen (secondary N) is 2. The smallest absolute Gasteiger partial charge is 0.223 e. The summed E-state index contributed by atoms with van der Waals surface area (Å²) in [5.74, 6) is -0.512. The second kappa shape index (κ2) is 7.55. The average Bonchev–Trinajstić information content (AvgIpc) is 3.21. The number of pyridine rings is 1. The van der Waals surface area contributed by atoms with Crippen LogP contribution in [0.1, 0.15) is 10.6 Å². The highest BCUT2D eigenvalue weighted by Crippen LogP contribution is 2.19. The molecule has 27 heavy (non-hydrogen) atoms. The van der Waals surface area contributed by atoms with Crippen LogP contribution in [-0.4, -0.2) is 29.6 Å². The largest absolute Gasteiger partial charge is 0.381 e. The van der Waals surface area contributed by atoms with Crippen LogP contribution in [0, 0.1) is 0 Å². The number of ketones is 1. The van der Waals surface area contributed by atoms with Crippen LogP contribution in [0.2, 0.25) is 0 Å². The number of benzene rings is 1. The topological polar surface area (TPSA) is 71.1 Å². The fourth-order valence-electron chi connectivity index (χ4n) is 3.00. The summed E-state index contributed by atoms with van der Waals surface area (Å²) in [6.45, 7) is 0.522. The lowest BCUT2D eigenvalue weighted by Gasteiger charge is -2.29. The number of fused-ring (bicyclic) bond motifs is 1. The minimum atomic E-state index is -0.718. The molecule has 1 aliphatic rings. The van der Waals surface area contributed by atoms with E-state index in [4.69, 9.17) is 0 Å². The quantitative estimate of drug-likeness (QED) is 0.542. The first-order chi connectivity index (χ1) is 13.2. The van der Waals surface area contributed by atoms with Crippen LogP contribution in [0.3, 0.4) is 0 Å². The molecule has 1 aromatic carbocycles. The van der Waals surface area contributed by atoms with Gasteiger partial charge in [-0.1, -0.05) is 30.3 Å². The molecule has 2 N–H and O–H groups in total. The van der Waals surface area contributed by atoms with Gasteiger partial charge in [0.2, 0.25) is 5.78 Å². The number of carbonyl (C=O) groups is 2. The minimum absolute atomic E-state index is 0.360. The second-order valence-corrected chi connectivity index (χ2v) is 7.14. The molecule has 2 aromatic heterocycles. The van der Waals surface area contributed by atoms with Crippen LogP contribution in [0.4, 0.5) is 0 Å². The van der Waals surface area contributed by atoms with Crippen LogP contribution in [0.15, 0.2) is 65.3 Å². The number of Topliss-reactive ketones (excluding diaryl/α,β-unsaturated/α-hetero) is 1. The number of hydrogen-bond donors (Lipinski definition) is 2. The molecule has 0 radical (unpaired) electrons. The zero-order valence-electron chi connectivity index (χ0n) is 14.4. The number of aldehydes is 1. The third kappa shape index (κ3) is 3.80. The van der Waals surface area contributed by atoms with E-state index in [0.29, 0.717) is 18.5 Å². The van der Waals surface area contributed by atoms with Crippen molar-refractivity contribution in [2.45, 2.75) is 6.04 Å². The van der Waals surface area contributed by atoms with E-state index in [1.807, 2.05) is 66.1 Å². The summed E-state index contributed by atoms with van der Waals surface area (Å²) in [5.41, 5.74) is 3.20. The van der Waals surface area contributed by atoms with Crippen molar-refractivity contribution in [1.29, 1.82) is 0 Å². The van der Waals surface area contributed by atoms with Gasteiger partial charge in [0.05, 0.1) is 17.8 Å². The van der Waals surface area contributed by atoms with Crippen LogP contribution >= 0.6 is 11.3 Å². The maximum atomic E-state index is 12.1. The van der Waals surface area contributed by atoms with Crippen LogP contribution in [0.25, 0.3) is 23.1 Å². The standard InChI is InChI=1S/C21H17N3O2S/c25-13-20(26)21-19(11-17-5-3-9-27-17)22-12-16(24-21)10-15-8-7-14-4-1-2-6-18(14)23-15/h1-11,13,21-22,24H,12H2. The first kappa shape index (κ1) is 17.2. The van der Waals surface area contributed by atoms with E-state index >= 15 is 0 Å². The van der Waals surface area contributed by atoms with Gasteiger partial charge in [-0.25, -0.2) is 4.98 Å². The Morgan fingerprint density at radius 1 is 1.11 bits per heavy atom. The fourth-order valence-corrected chi connectivity index (χ4v) is 3.67. The molecule has 134 valence electrons. The van der Waals surface area contributed by atoms with Gasteiger partial charge in [0, 0.05) is 21.7 Å². The molecular weight excluding hydrogens is 358 g/mol. The summed E-state index contributed by atoms with van der Waals surface area (Å²) in [4.78, 5) is 28.9. The Bertz CT molecular complexity index is 1050. The van der Waals surface area contributed by atoms with Gasteiger partial charge in [-0.2, -0.15) is 0 Å². The molecule has 4 rings (SSSR count). The van der Waals surface area contributed by atoms with Gasteiger partial charge >= 0.3 is 0 Å². The molecule has 3 heterocycles. The summed E-state index contributed by atoms with van der Waals surface area (Å²) in [7, 11) is 0. The van der Waals surface area contributed by atoms with Crippen molar-refractivity contribution >= 4 is 46.5 Å². The first-order valence-corrected chi connectivity index (χ1v) is 9.42. The lowest BCUT2D eigenvalue weighted by Crippen LogP contribution is -2.49. The predicted octanol–water partition coefficient (Wildman–Crippen LogP) is 3.01. The van der Waals surface area contributed by atoms with Gasteiger partial charge in [-0.15, -0.1) is 11.3 Å². The van der Waals surface area contributed by atoms with Gasteiger partial charge < -0.3 is 10.6 Å². The summed E-state index contributed by atoms with van der Waals surface area (Å²) >= 11 is 1.57. The maximum Gasteiger partial charge on any atom is 0.223 e. The minimum Gasteiger partial charge on any atom is -0.381 e. The Kier molecular flexibility index (Phi) is 4.80. The van der Waals surface area contributed by atoms with Crippen molar-refractivity contribution in [1.82, 2.24) is 15.6 Å². The van der Waals surface area contributed by atoms with E-state index in [-0.39, 0.29) is 0 Å². The van der Waals surface area contributed by atoms with Gasteiger partial charge in [0.1, 0.15) is 6.04 Å². The van der Waals surface area contributed by atoms with Crippen molar-refractivity contribution in [3.05, 3.63) is 75.9 Å². The Balaban J connectivity index is 1.62. The van der Waals surface area contributed by atoms with E-state index in [0.717, 1.165) is 27.2 Å². The third-order valence-electron chi connectivity index (χ3n) is 4.31. The molecule has 1 saturated heterocycles. The number of piperazine rings is 1. The SMILES string of the molecule is O=CC(=O)C1NC(=Cc2ccc3ccccc3n2)CNC1=Cc1cccs1. The highest BCUT2D eigenvalue weighted by Gasteiger charge is 2.27. The number of carbonyl (C=O) groups excluding carboxylic acids is 2. The zero-order valence-corrected chi connectivity index (χ0v) is 15.2. The first-order valence-electron chi connectivity index (χ1n) is 8.54. The molecule has 1 fully saturated rings. The molecule has 0 spiro atoms. The van der Waals surface area contributed by atoms with Crippen molar-refractivity contribution in [2.24, 2.45) is 0 Å². The maximum absolute atomic E-state index is 12.1. The Hall–Kier alpha value is -3.25. The average molecular weight is 375 g/mol. The summed E-state index contributed by atoms with van der Waals surface area (Å²) < 4.78 is 0. The van der Waals surface area contributed by atoms with E-state index in [1.165, 1.54) is 0 Å². The molecule has 0 saturated carbocycles. The lowest BCUT2D eigenvalue weighted by molar-refractivity contribution is -0.130. The van der Waals surface area contributed by atoms with Gasteiger partial charge in [0.15, 0.2) is 6.29 Å². The van der Waals surface area contributed by atoms with Crippen LogP contribution in [-0.2, 0) is 9.59 Å². The molecule has 1 unspecified atom stereocenters. The molecule has 6 heteroatoms. The molecule has 3 aromatic rings. The van der Waals surface area contributed by atoms with Crippen molar-refractivity contribution in [3.63, 3.8) is 0 Å². The highest BCUT2D eigenvalue weighted by molar-refractivity contribution is 7.10. The van der Waals surface area contributed by atoms with Crippen LogP contribution < -0.4 is 10.6 Å². The second-order valence-electron chi connectivity index (χ2n) is 6.16. The number of aromatic nitrogens is 1. The molecule has 0 aliphatic carbocycles. The number of rotatable bonds is 4. The Labute approximate surface area is 160 Å². The molecule has 1 aliphatic heterocycles. The number of para-hydroxylation sites is 1. The van der Waals surface area contributed by atoms with Gasteiger partial charge in [0.25, 0.3) is 0 Å². The summed E-state index contributed by atoms with van der Waals surface area (Å²) in [6.07, 6.45) is 4.15. The highest BCUT2D eigenvalue weighted by atomic mass is 32.1. The van der Waals surface area contributed by atoms with E-state index < -0.39 is 11.8 Å². The lowest BCUT2D eigenvalue weighted by atomic mass is 10.0. The van der Waals surface area contributed by atoms with Crippen molar-refractivity contribution < 1.29 is 9.59 Å². The summed E-state index contributed by atoms with van der Waals surface area (Å²) in [6, 6.07) is 15.0. The predicted molar refractivity (Wildman–Crippen MR) is 108 cm³/mol. The normalized spacial score (nSPS) is 19.6. The number of nitrogens with zero attached hydrogens (tertiary/aromatic N) is 1. The summed E-state index contributed by atoms with van der Waals surface area (Å²) in [5, 5.41) is 9.48. The monoisotopic (exact) mass is 375 g/mol. The Morgan fingerprint density at radius 3 is 2.81 bits per heavy atom. The van der Waals surface area contributed by atoms with E-state index in [2.05, 4.69) is 15.6 Å². The molecule has 5 nitrogen and oxygen atoms in total. The third-order valence-corrected chi connectivity index (χ3v) is 5.13. The van der Waals surface area contributed by atoms with Gasteiger partial charge in [-0.05, 0) is 35.7 Å². The molecule has 0 amide bonds. The van der Waals surface area contributed by atoms with Crippen molar-refractivity contribution in [2.75, 3.05) is 6.54 Å². The van der Waals surface area contributed by atoms with Gasteiger partial charge in [-0.3, -0.25) is 9.59 Å².